The number of benzene rings is 1. The molecule has 1 fully saturated rings. The fourth-order valence-electron chi connectivity index (χ4n) is 4.82. The highest BCUT2D eigenvalue weighted by atomic mass is 32.1. The molecule has 0 saturated carbocycles. The van der Waals surface area contributed by atoms with Crippen LogP contribution in [0.1, 0.15) is 28.0 Å². The number of anilines is 1. The average Bonchev–Trinajstić information content (AvgIpc) is 3.11. The minimum absolute atomic E-state index is 0.228. The van der Waals surface area contributed by atoms with E-state index in [1.54, 1.807) is 17.4 Å². The Morgan fingerprint density at radius 2 is 2.00 bits per heavy atom. The Labute approximate surface area is 201 Å². The number of piperazine rings is 1. The molecular formula is C26H27F3N4S. The normalized spacial score (nSPS) is 18.6. The summed E-state index contributed by atoms with van der Waals surface area (Å²) in [6.45, 7) is 4.67. The first kappa shape index (κ1) is 22.9. The molecule has 0 radical (unpaired) electrons. The van der Waals surface area contributed by atoms with Crippen LogP contribution >= 0.6 is 11.3 Å². The van der Waals surface area contributed by atoms with Crippen molar-refractivity contribution in [1.29, 1.82) is 0 Å². The minimum Gasteiger partial charge on any atom is -0.366 e. The smallest absolute Gasteiger partial charge is 0.366 e. The number of fused-ring (bicyclic) bond motifs is 2. The molecule has 1 atom stereocenters. The first-order chi connectivity index (χ1) is 16.3. The van der Waals surface area contributed by atoms with E-state index in [-0.39, 0.29) is 6.04 Å². The van der Waals surface area contributed by atoms with Gasteiger partial charge in [0.25, 0.3) is 0 Å². The molecule has 2 aliphatic rings. The second kappa shape index (κ2) is 9.07. The zero-order chi connectivity index (χ0) is 23.9. The molecule has 4 heterocycles. The van der Waals surface area contributed by atoms with Crippen LogP contribution in [-0.2, 0) is 12.6 Å². The van der Waals surface area contributed by atoms with Crippen molar-refractivity contribution in [2.75, 3.05) is 32.0 Å². The van der Waals surface area contributed by atoms with Crippen LogP contribution in [0.3, 0.4) is 0 Å². The Balaban J connectivity index is 1.43. The van der Waals surface area contributed by atoms with Crippen molar-refractivity contribution >= 4 is 28.2 Å². The van der Waals surface area contributed by atoms with Gasteiger partial charge in [0.05, 0.1) is 16.6 Å². The molecule has 1 saturated heterocycles. The number of rotatable bonds is 4. The highest BCUT2D eigenvalue weighted by Gasteiger charge is 2.31. The topological polar surface area (TPSA) is 31.4 Å². The van der Waals surface area contributed by atoms with E-state index in [2.05, 4.69) is 41.2 Å². The zero-order valence-corrected chi connectivity index (χ0v) is 20.0. The second-order valence-electron chi connectivity index (χ2n) is 9.00. The van der Waals surface area contributed by atoms with Gasteiger partial charge in [-0.15, -0.1) is 11.3 Å². The molecule has 5 rings (SSSR count). The monoisotopic (exact) mass is 484 g/mol. The zero-order valence-electron chi connectivity index (χ0n) is 19.2. The number of aryl methyl sites for hydroxylation is 2. The maximum atomic E-state index is 13.1. The number of likely N-dealkylation sites (N-methyl/N-ethyl adjacent to an activating group) is 1. The van der Waals surface area contributed by atoms with Crippen molar-refractivity contribution in [3.63, 3.8) is 0 Å². The van der Waals surface area contributed by atoms with Crippen molar-refractivity contribution in [3.8, 4) is 0 Å². The predicted molar refractivity (Wildman–Crippen MR) is 131 cm³/mol. The number of hydrogen-bond donors (Lipinski definition) is 1. The van der Waals surface area contributed by atoms with Gasteiger partial charge in [-0.05, 0) is 56.6 Å². The Kier molecular flexibility index (Phi) is 6.12. The molecule has 34 heavy (non-hydrogen) atoms. The van der Waals surface area contributed by atoms with E-state index in [0.717, 1.165) is 64.5 Å². The molecule has 178 valence electrons. The summed E-state index contributed by atoms with van der Waals surface area (Å²) in [7, 11) is 2.10. The van der Waals surface area contributed by atoms with Gasteiger partial charge in [0.15, 0.2) is 0 Å². The van der Waals surface area contributed by atoms with E-state index in [4.69, 9.17) is 4.98 Å². The van der Waals surface area contributed by atoms with Gasteiger partial charge >= 0.3 is 6.18 Å². The van der Waals surface area contributed by atoms with Crippen LogP contribution < -0.4 is 15.9 Å². The van der Waals surface area contributed by atoms with Crippen LogP contribution in [0.15, 0.2) is 48.7 Å². The summed E-state index contributed by atoms with van der Waals surface area (Å²) in [4.78, 5) is 10.7. The lowest BCUT2D eigenvalue weighted by Gasteiger charge is -2.41. The molecule has 0 amide bonds. The van der Waals surface area contributed by atoms with Gasteiger partial charge in [-0.1, -0.05) is 18.2 Å². The number of nitrogens with one attached hydrogen (secondary N) is 1. The van der Waals surface area contributed by atoms with E-state index in [0.29, 0.717) is 6.42 Å². The van der Waals surface area contributed by atoms with Crippen LogP contribution in [0.4, 0.5) is 18.2 Å². The summed E-state index contributed by atoms with van der Waals surface area (Å²) in [5.41, 5.74) is 2.44. The van der Waals surface area contributed by atoms with Crippen molar-refractivity contribution in [3.05, 3.63) is 80.8 Å². The maximum absolute atomic E-state index is 13.1. The molecule has 8 heteroatoms. The number of hydrogen-bond acceptors (Lipinski definition) is 5. The minimum atomic E-state index is -4.31. The molecule has 0 bridgehead atoms. The molecule has 1 unspecified atom stereocenters. The van der Waals surface area contributed by atoms with Crippen LogP contribution in [0, 0.1) is 6.92 Å². The molecule has 1 aromatic carbocycles. The second-order valence-corrected chi connectivity index (χ2v) is 10.3. The number of nitrogens with zero attached hydrogens (tertiary/aromatic N) is 3. The predicted octanol–water partition coefficient (Wildman–Crippen LogP) is 4.04. The van der Waals surface area contributed by atoms with Crippen LogP contribution in [0.5, 0.6) is 0 Å². The summed E-state index contributed by atoms with van der Waals surface area (Å²) in [5, 5.41) is 6.59. The number of thiophene rings is 1. The van der Waals surface area contributed by atoms with E-state index in [1.165, 1.54) is 17.0 Å². The third kappa shape index (κ3) is 4.57. The quantitative estimate of drug-likeness (QED) is 0.606. The Hall–Kier alpha value is -2.84. The lowest BCUT2D eigenvalue weighted by Crippen LogP contribution is -2.52. The molecule has 2 aliphatic heterocycles. The summed E-state index contributed by atoms with van der Waals surface area (Å²) < 4.78 is 39.4. The number of alkyl halides is 3. The van der Waals surface area contributed by atoms with Crippen LogP contribution in [-0.4, -0.2) is 47.5 Å². The number of aromatic nitrogens is 1. The van der Waals surface area contributed by atoms with Gasteiger partial charge in [-0.25, -0.2) is 0 Å². The number of halogens is 3. The Morgan fingerprint density at radius 3 is 2.82 bits per heavy atom. The molecule has 3 aromatic rings. The Morgan fingerprint density at radius 1 is 1.15 bits per heavy atom. The fourth-order valence-corrected chi connectivity index (χ4v) is 5.70. The van der Waals surface area contributed by atoms with Gasteiger partial charge in [-0.2, -0.15) is 13.2 Å². The van der Waals surface area contributed by atoms with Crippen molar-refractivity contribution in [2.24, 2.45) is 0 Å². The highest BCUT2D eigenvalue weighted by Crippen LogP contribution is 2.35. The molecular weight excluding hydrogens is 457 g/mol. The average molecular weight is 485 g/mol. The lowest BCUT2D eigenvalue weighted by atomic mass is 9.99. The molecule has 2 aromatic heterocycles. The lowest BCUT2D eigenvalue weighted by molar-refractivity contribution is -0.137. The molecule has 4 nitrogen and oxygen atoms in total. The maximum Gasteiger partial charge on any atom is 0.416 e. The first-order valence-electron chi connectivity index (χ1n) is 11.4. The SMILES string of the molecule is Cc1cc2c(s1)NC=c1cccnc1=C2N1CCN(C)C(CCc2cccc(C(F)(F)F)c2)C1. The summed E-state index contributed by atoms with van der Waals surface area (Å²) >= 11 is 1.73. The standard InChI is InChI=1S/C26H27F3N4S/c1-17-13-22-24(23-19(6-4-10-30-23)15-31-25(22)34-17)33-12-11-32(2)21(16-33)9-8-18-5-3-7-20(14-18)26(27,28)29/h3-7,10,13-15,21,31H,8-9,11-12,16H2,1-2H3. The van der Waals surface area contributed by atoms with Crippen LogP contribution in [0.2, 0.25) is 0 Å². The van der Waals surface area contributed by atoms with Crippen molar-refractivity contribution in [2.45, 2.75) is 32.0 Å². The molecule has 0 spiro atoms. The largest absolute Gasteiger partial charge is 0.416 e. The summed E-state index contributed by atoms with van der Waals surface area (Å²) in [5.74, 6) is 0. The van der Waals surface area contributed by atoms with E-state index in [1.807, 2.05) is 18.5 Å². The molecule has 0 aliphatic carbocycles. The summed E-state index contributed by atoms with van der Waals surface area (Å²) in [6, 6.07) is 12.2. The Bertz CT molecular complexity index is 1310. The van der Waals surface area contributed by atoms with E-state index in [9.17, 15) is 13.2 Å². The van der Waals surface area contributed by atoms with Crippen molar-refractivity contribution in [1.82, 2.24) is 14.8 Å². The fraction of sp³-hybridized carbons (Fsp3) is 0.346. The summed E-state index contributed by atoms with van der Waals surface area (Å²) in [6.07, 6.45) is 0.932. The van der Waals surface area contributed by atoms with Crippen molar-refractivity contribution < 1.29 is 13.2 Å². The van der Waals surface area contributed by atoms with Crippen LogP contribution in [0.25, 0.3) is 11.9 Å². The van der Waals surface area contributed by atoms with Gasteiger partial charge < -0.3 is 10.2 Å². The number of pyridine rings is 1. The van der Waals surface area contributed by atoms with Gasteiger partial charge in [0.2, 0.25) is 0 Å². The van der Waals surface area contributed by atoms with E-state index >= 15 is 0 Å². The van der Waals surface area contributed by atoms with Gasteiger partial charge in [0.1, 0.15) is 5.00 Å². The third-order valence-electron chi connectivity index (χ3n) is 6.65. The highest BCUT2D eigenvalue weighted by molar-refractivity contribution is 7.16. The molecule has 1 N–H and O–H groups in total. The van der Waals surface area contributed by atoms with Gasteiger partial charge in [-0.3, -0.25) is 9.88 Å². The first-order valence-corrected chi connectivity index (χ1v) is 12.3. The van der Waals surface area contributed by atoms with E-state index < -0.39 is 11.7 Å². The third-order valence-corrected chi connectivity index (χ3v) is 7.63. The van der Waals surface area contributed by atoms with Gasteiger partial charge in [0, 0.05) is 53.7 Å².